The summed E-state index contributed by atoms with van der Waals surface area (Å²) < 4.78 is 38.7. The van der Waals surface area contributed by atoms with Crippen LogP contribution in [-0.4, -0.2) is 9.97 Å². The van der Waals surface area contributed by atoms with Crippen LogP contribution in [0.2, 0.25) is 0 Å². The van der Waals surface area contributed by atoms with Crippen molar-refractivity contribution in [3.63, 3.8) is 0 Å². The first kappa shape index (κ1) is 14.9. The maximum atomic E-state index is 12.9. The van der Waals surface area contributed by atoms with Gasteiger partial charge in [-0.1, -0.05) is 20.3 Å². The number of nitrogens with zero attached hydrogens (tertiary/aromatic N) is 1. The maximum absolute atomic E-state index is 12.9. The molecule has 22 heavy (non-hydrogen) atoms. The predicted molar refractivity (Wildman–Crippen MR) is 82.0 cm³/mol. The number of aromatic amines is 1. The molecule has 0 atom stereocenters. The molecule has 5 heteroatoms. The molecule has 1 aromatic carbocycles. The van der Waals surface area contributed by atoms with Gasteiger partial charge in [-0.25, -0.2) is 4.98 Å². The van der Waals surface area contributed by atoms with E-state index < -0.39 is 11.7 Å². The fourth-order valence-electron chi connectivity index (χ4n) is 2.83. The van der Waals surface area contributed by atoms with Gasteiger partial charge in [0, 0.05) is 22.0 Å². The number of aryl methyl sites for hydroxylation is 2. The lowest BCUT2D eigenvalue weighted by Crippen LogP contribution is -2.03. The Balaban J connectivity index is 2.27. The summed E-state index contributed by atoms with van der Waals surface area (Å²) in [6.07, 6.45) is -1.64. The standard InChI is InChI=1S/C17H17F3N2/c1-3-5-14-10(4-2)8-13-12-9-11(17(18,19)20)6-7-15(12)22-16(13)21-14/h6-9H,3-5H2,1-2H3,(H,21,22). The smallest absolute Gasteiger partial charge is 0.339 e. The SMILES string of the molecule is CCCc1nc2[nH]c3ccc(C(F)(F)F)cc3c2cc1CC. The first-order valence-electron chi connectivity index (χ1n) is 7.45. The summed E-state index contributed by atoms with van der Waals surface area (Å²) >= 11 is 0. The highest BCUT2D eigenvalue weighted by atomic mass is 19.4. The van der Waals surface area contributed by atoms with Gasteiger partial charge < -0.3 is 4.98 Å². The van der Waals surface area contributed by atoms with E-state index in [2.05, 4.69) is 16.9 Å². The first-order valence-corrected chi connectivity index (χ1v) is 7.45. The highest BCUT2D eigenvalue weighted by molar-refractivity contribution is 6.06. The average Bonchev–Trinajstić information content (AvgIpc) is 2.82. The van der Waals surface area contributed by atoms with E-state index in [4.69, 9.17) is 0 Å². The molecule has 2 nitrogen and oxygen atoms in total. The predicted octanol–water partition coefficient (Wildman–Crippen LogP) is 5.25. The minimum absolute atomic E-state index is 0.579. The van der Waals surface area contributed by atoms with Gasteiger partial charge in [-0.15, -0.1) is 0 Å². The summed E-state index contributed by atoms with van der Waals surface area (Å²) in [7, 11) is 0. The third kappa shape index (κ3) is 2.45. The molecule has 0 unspecified atom stereocenters. The molecular weight excluding hydrogens is 289 g/mol. The number of fused-ring (bicyclic) bond motifs is 3. The molecule has 0 amide bonds. The number of pyridine rings is 1. The van der Waals surface area contributed by atoms with E-state index in [9.17, 15) is 13.2 Å². The number of hydrogen-bond donors (Lipinski definition) is 1. The van der Waals surface area contributed by atoms with Crippen LogP contribution >= 0.6 is 0 Å². The molecule has 0 saturated heterocycles. The highest BCUT2D eigenvalue weighted by Crippen LogP contribution is 2.34. The number of benzene rings is 1. The molecule has 116 valence electrons. The van der Waals surface area contributed by atoms with E-state index in [1.54, 1.807) is 0 Å². The van der Waals surface area contributed by atoms with Gasteiger partial charge in [-0.2, -0.15) is 13.2 Å². The summed E-state index contributed by atoms with van der Waals surface area (Å²) in [5, 5.41) is 1.34. The third-order valence-corrected chi connectivity index (χ3v) is 3.95. The summed E-state index contributed by atoms with van der Waals surface area (Å²) in [5.41, 5.74) is 2.85. The molecule has 0 bridgehead atoms. The molecule has 3 rings (SSSR count). The Morgan fingerprint density at radius 3 is 2.50 bits per heavy atom. The number of nitrogens with one attached hydrogen (secondary N) is 1. The zero-order valence-corrected chi connectivity index (χ0v) is 12.5. The summed E-state index contributed by atoms with van der Waals surface area (Å²) in [6, 6.07) is 5.76. The monoisotopic (exact) mass is 306 g/mol. The van der Waals surface area contributed by atoms with Gasteiger partial charge in [0.05, 0.1) is 5.56 Å². The fraction of sp³-hybridized carbons (Fsp3) is 0.353. The van der Waals surface area contributed by atoms with Crippen LogP contribution in [0.4, 0.5) is 13.2 Å². The van der Waals surface area contributed by atoms with Crippen LogP contribution in [0.1, 0.15) is 37.1 Å². The lowest BCUT2D eigenvalue weighted by atomic mass is 10.0. The third-order valence-electron chi connectivity index (χ3n) is 3.95. The van der Waals surface area contributed by atoms with Gasteiger partial charge in [-0.05, 0) is 42.7 Å². The van der Waals surface area contributed by atoms with E-state index >= 15 is 0 Å². The van der Waals surface area contributed by atoms with Crippen molar-refractivity contribution in [2.75, 3.05) is 0 Å². The van der Waals surface area contributed by atoms with Crippen molar-refractivity contribution in [2.24, 2.45) is 0 Å². The molecular formula is C17H17F3N2. The zero-order chi connectivity index (χ0) is 15.9. The van der Waals surface area contributed by atoms with E-state index in [-0.39, 0.29) is 0 Å². The molecule has 0 spiro atoms. The number of hydrogen-bond acceptors (Lipinski definition) is 1. The van der Waals surface area contributed by atoms with Crippen molar-refractivity contribution < 1.29 is 13.2 Å². The molecule has 3 aromatic rings. The molecule has 0 aliphatic heterocycles. The van der Waals surface area contributed by atoms with Crippen LogP contribution in [0.3, 0.4) is 0 Å². The Morgan fingerprint density at radius 2 is 1.86 bits per heavy atom. The zero-order valence-electron chi connectivity index (χ0n) is 12.5. The van der Waals surface area contributed by atoms with Crippen LogP contribution in [0, 0.1) is 0 Å². The summed E-state index contributed by atoms with van der Waals surface area (Å²) in [6.45, 7) is 4.13. The Kier molecular flexibility index (Phi) is 3.59. The van der Waals surface area contributed by atoms with Crippen LogP contribution in [0.5, 0.6) is 0 Å². The molecule has 0 aliphatic rings. The molecule has 0 radical (unpaired) electrons. The van der Waals surface area contributed by atoms with E-state index in [0.717, 1.165) is 42.0 Å². The molecule has 2 aromatic heterocycles. The Bertz CT molecular complexity index is 831. The number of alkyl halides is 3. The van der Waals surface area contributed by atoms with Gasteiger partial charge in [0.25, 0.3) is 0 Å². The van der Waals surface area contributed by atoms with Gasteiger partial charge in [0.2, 0.25) is 0 Å². The van der Waals surface area contributed by atoms with Gasteiger partial charge in [-0.3, -0.25) is 0 Å². The molecule has 0 saturated carbocycles. The van der Waals surface area contributed by atoms with Crippen LogP contribution < -0.4 is 0 Å². The van der Waals surface area contributed by atoms with Crippen molar-refractivity contribution in [1.82, 2.24) is 9.97 Å². The second kappa shape index (κ2) is 5.30. The van der Waals surface area contributed by atoms with E-state index in [1.165, 1.54) is 12.1 Å². The lowest BCUT2D eigenvalue weighted by molar-refractivity contribution is -0.137. The minimum atomic E-state index is -4.33. The number of aromatic nitrogens is 2. The molecule has 0 fully saturated rings. The van der Waals surface area contributed by atoms with Crippen molar-refractivity contribution in [1.29, 1.82) is 0 Å². The number of H-pyrrole nitrogens is 1. The second-order valence-corrected chi connectivity index (χ2v) is 5.48. The van der Waals surface area contributed by atoms with Crippen LogP contribution in [0.15, 0.2) is 24.3 Å². The van der Waals surface area contributed by atoms with Crippen LogP contribution in [-0.2, 0) is 19.0 Å². The normalized spacial score (nSPS) is 12.4. The van der Waals surface area contributed by atoms with Gasteiger partial charge >= 0.3 is 6.18 Å². The van der Waals surface area contributed by atoms with Gasteiger partial charge in [0.15, 0.2) is 0 Å². The van der Waals surface area contributed by atoms with Crippen molar-refractivity contribution in [3.05, 3.63) is 41.1 Å². The van der Waals surface area contributed by atoms with Crippen molar-refractivity contribution in [2.45, 2.75) is 39.3 Å². The Morgan fingerprint density at radius 1 is 1.09 bits per heavy atom. The Hall–Kier alpha value is -2.04. The van der Waals surface area contributed by atoms with Crippen LogP contribution in [0.25, 0.3) is 21.9 Å². The van der Waals surface area contributed by atoms with Gasteiger partial charge in [0.1, 0.15) is 5.65 Å². The quantitative estimate of drug-likeness (QED) is 0.703. The molecule has 1 N–H and O–H groups in total. The number of rotatable bonds is 3. The second-order valence-electron chi connectivity index (χ2n) is 5.48. The largest absolute Gasteiger partial charge is 0.416 e. The molecule has 2 heterocycles. The lowest BCUT2D eigenvalue weighted by Gasteiger charge is -2.07. The van der Waals surface area contributed by atoms with E-state index in [0.29, 0.717) is 16.6 Å². The Labute approximate surface area is 126 Å². The van der Waals surface area contributed by atoms with Crippen molar-refractivity contribution >= 4 is 21.9 Å². The number of halogens is 3. The highest BCUT2D eigenvalue weighted by Gasteiger charge is 2.30. The van der Waals surface area contributed by atoms with E-state index in [1.807, 2.05) is 13.0 Å². The fourth-order valence-corrected chi connectivity index (χ4v) is 2.83. The van der Waals surface area contributed by atoms with Crippen molar-refractivity contribution in [3.8, 4) is 0 Å². The maximum Gasteiger partial charge on any atom is 0.416 e. The topological polar surface area (TPSA) is 28.7 Å². The first-order chi connectivity index (χ1) is 10.4. The molecule has 0 aliphatic carbocycles. The average molecular weight is 306 g/mol. The summed E-state index contributed by atoms with van der Waals surface area (Å²) in [5.74, 6) is 0. The minimum Gasteiger partial charge on any atom is -0.339 e. The summed E-state index contributed by atoms with van der Waals surface area (Å²) in [4.78, 5) is 7.76.